The topological polar surface area (TPSA) is 60.2 Å². The molecule has 1 aliphatic rings. The predicted molar refractivity (Wildman–Crippen MR) is 86.4 cm³/mol. The number of benzene rings is 1. The Hall–Kier alpha value is -1.53. The van der Waals surface area contributed by atoms with Crippen molar-refractivity contribution >= 4 is 11.8 Å². The molecule has 1 aromatic heterocycles. The highest BCUT2D eigenvalue weighted by Crippen LogP contribution is 2.38. The number of aliphatic hydroxyl groups is 1. The van der Waals surface area contributed by atoms with E-state index in [0.29, 0.717) is 11.8 Å². The molecule has 0 radical (unpaired) electrons. The monoisotopic (exact) mass is 319 g/mol. The Morgan fingerprint density at radius 3 is 2.82 bits per heavy atom. The van der Waals surface area contributed by atoms with Gasteiger partial charge in [-0.3, -0.25) is 0 Å². The van der Waals surface area contributed by atoms with Gasteiger partial charge < -0.3 is 14.4 Å². The van der Waals surface area contributed by atoms with Crippen molar-refractivity contribution in [2.45, 2.75) is 44.0 Å². The minimum absolute atomic E-state index is 0.286. The molecule has 1 aromatic carbocycles. The van der Waals surface area contributed by atoms with Crippen LogP contribution in [0.5, 0.6) is 5.75 Å². The molecule has 5 nitrogen and oxygen atoms in total. The van der Waals surface area contributed by atoms with E-state index >= 15 is 0 Å². The summed E-state index contributed by atoms with van der Waals surface area (Å²) in [6.07, 6.45) is 1.87. The maximum absolute atomic E-state index is 10.1. The Kier molecular flexibility index (Phi) is 4.69. The number of ether oxygens (including phenoxy) is 1. The minimum atomic E-state index is -0.533. The van der Waals surface area contributed by atoms with Gasteiger partial charge in [0.25, 0.3) is 0 Å². The Balaban J connectivity index is 1.50. The maximum Gasteiger partial charge on any atom is 0.191 e. The summed E-state index contributed by atoms with van der Waals surface area (Å²) in [6.45, 7) is 4.26. The summed E-state index contributed by atoms with van der Waals surface area (Å²) in [5, 5.41) is 19.4. The summed E-state index contributed by atoms with van der Waals surface area (Å²) in [7, 11) is 0. The van der Waals surface area contributed by atoms with Crippen molar-refractivity contribution < 1.29 is 9.84 Å². The lowest BCUT2D eigenvalue weighted by molar-refractivity contribution is 0.126. The zero-order valence-corrected chi connectivity index (χ0v) is 13.7. The second-order valence-electron chi connectivity index (χ2n) is 5.67. The Morgan fingerprint density at radius 1 is 1.32 bits per heavy atom. The number of aryl methyl sites for hydroxylation is 2. The third kappa shape index (κ3) is 3.62. The highest BCUT2D eigenvalue weighted by atomic mass is 32.2. The number of para-hydroxylation sites is 1. The maximum atomic E-state index is 10.1. The van der Waals surface area contributed by atoms with Gasteiger partial charge in [-0.15, -0.1) is 10.2 Å². The number of hydrogen-bond donors (Lipinski definition) is 1. The summed E-state index contributed by atoms with van der Waals surface area (Å²) >= 11 is 1.54. The van der Waals surface area contributed by atoms with Gasteiger partial charge in [0.05, 0.1) is 6.10 Å². The van der Waals surface area contributed by atoms with Gasteiger partial charge in [-0.25, -0.2) is 0 Å². The molecule has 3 rings (SSSR count). The third-order valence-corrected chi connectivity index (χ3v) is 4.76. The van der Waals surface area contributed by atoms with Crippen molar-refractivity contribution in [2.75, 3.05) is 12.4 Å². The fraction of sp³-hybridized carbons (Fsp3) is 0.500. The number of hydrogen-bond acceptors (Lipinski definition) is 5. The smallest absolute Gasteiger partial charge is 0.191 e. The molecule has 22 heavy (non-hydrogen) atoms. The average molecular weight is 319 g/mol. The van der Waals surface area contributed by atoms with E-state index in [1.165, 1.54) is 12.8 Å². The van der Waals surface area contributed by atoms with Crippen LogP contribution in [-0.4, -0.2) is 38.3 Å². The van der Waals surface area contributed by atoms with Crippen molar-refractivity contribution in [3.05, 3.63) is 35.7 Å². The van der Waals surface area contributed by atoms with E-state index < -0.39 is 6.10 Å². The standard InChI is InChI=1S/C16H21N3O2S/c1-11-5-3-4-6-15(11)21-9-14(20)10-22-16-18-17-12(2)19(16)13-7-8-13/h3-6,13-14,20H,7-10H2,1-2H3. The second-order valence-corrected chi connectivity index (χ2v) is 6.66. The highest BCUT2D eigenvalue weighted by Gasteiger charge is 2.28. The summed E-state index contributed by atoms with van der Waals surface area (Å²) in [4.78, 5) is 0. The first kappa shape index (κ1) is 15.4. The molecule has 118 valence electrons. The summed E-state index contributed by atoms with van der Waals surface area (Å²) in [5.74, 6) is 2.33. The molecule has 1 heterocycles. The summed E-state index contributed by atoms with van der Waals surface area (Å²) in [5.41, 5.74) is 1.08. The van der Waals surface area contributed by atoms with E-state index in [0.717, 1.165) is 22.3 Å². The van der Waals surface area contributed by atoms with Crippen molar-refractivity contribution in [3.8, 4) is 5.75 Å². The molecule has 0 spiro atoms. The lowest BCUT2D eigenvalue weighted by Gasteiger charge is -2.13. The van der Waals surface area contributed by atoms with Crippen LogP contribution in [0.2, 0.25) is 0 Å². The van der Waals surface area contributed by atoms with Crippen molar-refractivity contribution in [1.29, 1.82) is 0 Å². The van der Waals surface area contributed by atoms with Gasteiger partial charge in [0.2, 0.25) is 0 Å². The van der Waals surface area contributed by atoms with Gasteiger partial charge in [0.1, 0.15) is 18.2 Å². The van der Waals surface area contributed by atoms with Crippen LogP contribution in [0.3, 0.4) is 0 Å². The van der Waals surface area contributed by atoms with Crippen LogP contribution in [0.15, 0.2) is 29.4 Å². The van der Waals surface area contributed by atoms with Crippen LogP contribution >= 0.6 is 11.8 Å². The molecule has 0 saturated heterocycles. The highest BCUT2D eigenvalue weighted by molar-refractivity contribution is 7.99. The number of aliphatic hydroxyl groups excluding tert-OH is 1. The average Bonchev–Trinajstić information content (AvgIpc) is 3.27. The lowest BCUT2D eigenvalue weighted by atomic mass is 10.2. The normalized spacial score (nSPS) is 15.8. The Labute approximate surface area is 134 Å². The number of thioether (sulfide) groups is 1. The fourth-order valence-corrected chi connectivity index (χ4v) is 3.28. The largest absolute Gasteiger partial charge is 0.491 e. The van der Waals surface area contributed by atoms with E-state index in [9.17, 15) is 5.11 Å². The molecule has 0 amide bonds. The molecule has 1 aliphatic carbocycles. The molecule has 6 heteroatoms. The molecule has 2 aromatic rings. The van der Waals surface area contributed by atoms with Crippen LogP contribution in [0.4, 0.5) is 0 Å². The SMILES string of the molecule is Cc1ccccc1OCC(O)CSc1nnc(C)n1C1CC1. The van der Waals surface area contributed by atoms with E-state index in [1.54, 1.807) is 11.8 Å². The van der Waals surface area contributed by atoms with Crippen LogP contribution in [0.25, 0.3) is 0 Å². The van der Waals surface area contributed by atoms with E-state index in [-0.39, 0.29) is 6.61 Å². The number of rotatable bonds is 7. The van der Waals surface area contributed by atoms with E-state index in [2.05, 4.69) is 14.8 Å². The van der Waals surface area contributed by atoms with E-state index in [1.807, 2.05) is 38.1 Å². The molecule has 1 fully saturated rings. The van der Waals surface area contributed by atoms with Gasteiger partial charge in [-0.2, -0.15) is 0 Å². The quantitative estimate of drug-likeness (QED) is 0.795. The van der Waals surface area contributed by atoms with Crippen LogP contribution in [0.1, 0.15) is 30.3 Å². The van der Waals surface area contributed by atoms with Gasteiger partial charge >= 0.3 is 0 Å². The first-order chi connectivity index (χ1) is 10.6. The van der Waals surface area contributed by atoms with Gasteiger partial charge in [0.15, 0.2) is 5.16 Å². The number of aromatic nitrogens is 3. The molecular formula is C16H21N3O2S. The Bertz CT molecular complexity index is 640. The second kappa shape index (κ2) is 6.71. The zero-order chi connectivity index (χ0) is 15.5. The third-order valence-electron chi connectivity index (χ3n) is 3.68. The van der Waals surface area contributed by atoms with Crippen LogP contribution in [0, 0.1) is 13.8 Å². The van der Waals surface area contributed by atoms with Gasteiger partial charge in [-0.1, -0.05) is 30.0 Å². The summed E-state index contributed by atoms with van der Waals surface area (Å²) in [6, 6.07) is 8.38. The predicted octanol–water partition coefficient (Wildman–Crippen LogP) is 2.76. The molecular weight excluding hydrogens is 298 g/mol. The van der Waals surface area contributed by atoms with E-state index in [4.69, 9.17) is 4.74 Å². The lowest BCUT2D eigenvalue weighted by Crippen LogP contribution is -2.20. The van der Waals surface area contributed by atoms with Crippen LogP contribution in [-0.2, 0) is 0 Å². The van der Waals surface area contributed by atoms with Crippen molar-refractivity contribution in [2.24, 2.45) is 0 Å². The molecule has 0 aliphatic heterocycles. The van der Waals surface area contributed by atoms with Gasteiger partial charge in [-0.05, 0) is 38.3 Å². The van der Waals surface area contributed by atoms with Crippen molar-refractivity contribution in [3.63, 3.8) is 0 Å². The minimum Gasteiger partial charge on any atom is -0.491 e. The molecule has 1 saturated carbocycles. The first-order valence-electron chi connectivity index (χ1n) is 7.56. The molecule has 1 atom stereocenters. The van der Waals surface area contributed by atoms with Gasteiger partial charge in [0, 0.05) is 11.8 Å². The van der Waals surface area contributed by atoms with Crippen molar-refractivity contribution in [1.82, 2.24) is 14.8 Å². The first-order valence-corrected chi connectivity index (χ1v) is 8.54. The number of nitrogens with zero attached hydrogens (tertiary/aromatic N) is 3. The summed E-state index contributed by atoms with van der Waals surface area (Å²) < 4.78 is 7.86. The molecule has 1 unspecified atom stereocenters. The molecule has 1 N–H and O–H groups in total. The van der Waals surface area contributed by atoms with Crippen LogP contribution < -0.4 is 4.74 Å². The Morgan fingerprint density at radius 2 is 2.09 bits per heavy atom. The molecule has 0 bridgehead atoms. The zero-order valence-electron chi connectivity index (χ0n) is 12.9. The fourth-order valence-electron chi connectivity index (χ4n) is 2.32.